The van der Waals surface area contributed by atoms with Gasteiger partial charge in [-0.25, -0.2) is 14.6 Å². The molecular weight excluding hydrogens is 296 g/mol. The van der Waals surface area contributed by atoms with Gasteiger partial charge in [-0.3, -0.25) is 0 Å². The number of benzene rings is 2. The van der Waals surface area contributed by atoms with Crippen LogP contribution >= 0.6 is 11.6 Å². The first-order valence-electron chi connectivity index (χ1n) is 6.83. The third kappa shape index (κ3) is 2.14. The molecule has 0 fully saturated rings. The number of nitrogens with zero attached hydrogens (tertiary/aromatic N) is 4. The van der Waals surface area contributed by atoms with Crippen LogP contribution in [-0.2, 0) is 0 Å². The van der Waals surface area contributed by atoms with Gasteiger partial charge in [-0.15, -0.1) is 0 Å². The lowest BCUT2D eigenvalue weighted by Gasteiger charge is -2.04. The summed E-state index contributed by atoms with van der Waals surface area (Å²) in [6.45, 7) is 0. The highest BCUT2D eigenvalue weighted by Gasteiger charge is 2.12. The van der Waals surface area contributed by atoms with Crippen LogP contribution in [0, 0.1) is 0 Å². The highest BCUT2D eigenvalue weighted by molar-refractivity contribution is 6.30. The van der Waals surface area contributed by atoms with Crippen LogP contribution in [0.15, 0.2) is 67.1 Å². The maximum atomic E-state index is 6.08. The van der Waals surface area contributed by atoms with E-state index in [2.05, 4.69) is 15.1 Å². The van der Waals surface area contributed by atoms with Crippen LogP contribution in [-0.4, -0.2) is 19.7 Å². The molecule has 0 aliphatic heterocycles. The van der Waals surface area contributed by atoms with Crippen molar-refractivity contribution in [1.82, 2.24) is 19.7 Å². The van der Waals surface area contributed by atoms with E-state index in [1.165, 1.54) is 0 Å². The molecule has 2 aromatic heterocycles. The fraction of sp³-hybridized carbons (Fsp3) is 0. The van der Waals surface area contributed by atoms with Gasteiger partial charge in [0.1, 0.15) is 6.33 Å². The van der Waals surface area contributed by atoms with Gasteiger partial charge in [0.15, 0.2) is 5.65 Å². The van der Waals surface area contributed by atoms with Crippen LogP contribution in [0.1, 0.15) is 0 Å². The van der Waals surface area contributed by atoms with Gasteiger partial charge in [0.05, 0.1) is 23.0 Å². The van der Waals surface area contributed by atoms with Gasteiger partial charge in [-0.2, -0.15) is 5.10 Å². The molecule has 0 atom stereocenters. The molecule has 4 aromatic rings. The Morgan fingerprint density at radius 1 is 0.909 bits per heavy atom. The Balaban J connectivity index is 1.95. The summed E-state index contributed by atoms with van der Waals surface area (Å²) in [5.74, 6) is 0. The van der Waals surface area contributed by atoms with Crippen LogP contribution in [0.4, 0.5) is 0 Å². The first-order valence-corrected chi connectivity index (χ1v) is 7.21. The molecule has 5 heteroatoms. The molecule has 0 bridgehead atoms. The number of rotatable bonds is 2. The summed E-state index contributed by atoms with van der Waals surface area (Å²) in [6.07, 6.45) is 3.35. The van der Waals surface area contributed by atoms with Gasteiger partial charge in [0, 0.05) is 10.6 Å². The van der Waals surface area contributed by atoms with Crippen molar-refractivity contribution in [3.63, 3.8) is 0 Å². The standard InChI is InChI=1S/C17H11ClN4/c18-13-6-4-5-12(9-13)16-15-10-21-22(17(15)20-11-19-16)14-7-2-1-3-8-14/h1-11H. The van der Waals surface area contributed by atoms with Crippen molar-refractivity contribution >= 4 is 22.6 Å². The van der Waals surface area contributed by atoms with Crippen molar-refractivity contribution in [3.05, 3.63) is 72.1 Å². The smallest absolute Gasteiger partial charge is 0.166 e. The van der Waals surface area contributed by atoms with Crippen LogP contribution < -0.4 is 0 Å². The van der Waals surface area contributed by atoms with Crippen LogP contribution in [0.2, 0.25) is 5.02 Å². The van der Waals surface area contributed by atoms with Crippen molar-refractivity contribution in [3.8, 4) is 16.9 Å². The second-order valence-electron chi connectivity index (χ2n) is 4.86. The minimum absolute atomic E-state index is 0.680. The molecule has 0 aliphatic carbocycles. The quantitative estimate of drug-likeness (QED) is 0.559. The fourth-order valence-electron chi connectivity index (χ4n) is 2.47. The molecule has 22 heavy (non-hydrogen) atoms. The number of hydrogen-bond acceptors (Lipinski definition) is 3. The van der Waals surface area contributed by atoms with Gasteiger partial charge in [-0.1, -0.05) is 41.9 Å². The zero-order chi connectivity index (χ0) is 14.9. The number of aromatic nitrogens is 4. The van der Waals surface area contributed by atoms with Crippen molar-refractivity contribution in [2.75, 3.05) is 0 Å². The highest BCUT2D eigenvalue weighted by atomic mass is 35.5. The van der Waals surface area contributed by atoms with Crippen LogP contribution in [0.25, 0.3) is 28.0 Å². The lowest BCUT2D eigenvalue weighted by molar-refractivity contribution is 0.895. The van der Waals surface area contributed by atoms with Crippen molar-refractivity contribution < 1.29 is 0 Å². The van der Waals surface area contributed by atoms with Gasteiger partial charge < -0.3 is 0 Å². The average molecular weight is 307 g/mol. The lowest BCUT2D eigenvalue weighted by atomic mass is 10.1. The van der Waals surface area contributed by atoms with E-state index in [1.807, 2.05) is 59.3 Å². The molecule has 4 nitrogen and oxygen atoms in total. The summed E-state index contributed by atoms with van der Waals surface area (Å²) in [6, 6.07) is 17.5. The molecule has 4 rings (SSSR count). The summed E-state index contributed by atoms with van der Waals surface area (Å²) in [4.78, 5) is 8.78. The second kappa shape index (κ2) is 5.24. The van der Waals surface area contributed by atoms with Crippen LogP contribution in [0.3, 0.4) is 0 Å². The molecule has 0 saturated carbocycles. The Labute approximate surface area is 132 Å². The number of hydrogen-bond donors (Lipinski definition) is 0. The predicted octanol–water partition coefficient (Wildman–Crippen LogP) is 4.14. The molecule has 0 spiro atoms. The molecule has 0 N–H and O–H groups in total. The van der Waals surface area contributed by atoms with E-state index in [0.29, 0.717) is 5.02 Å². The summed E-state index contributed by atoms with van der Waals surface area (Å²) >= 11 is 6.08. The first-order chi connectivity index (χ1) is 10.8. The number of fused-ring (bicyclic) bond motifs is 1. The summed E-state index contributed by atoms with van der Waals surface area (Å²) in [5, 5.41) is 6.03. The Morgan fingerprint density at radius 3 is 2.59 bits per heavy atom. The maximum Gasteiger partial charge on any atom is 0.166 e. The number of halogens is 1. The topological polar surface area (TPSA) is 43.6 Å². The molecular formula is C17H11ClN4. The molecule has 0 amide bonds. The van der Waals surface area contributed by atoms with E-state index in [-0.39, 0.29) is 0 Å². The zero-order valence-electron chi connectivity index (χ0n) is 11.5. The van der Waals surface area contributed by atoms with Gasteiger partial charge in [-0.05, 0) is 24.3 Å². The monoisotopic (exact) mass is 306 g/mol. The Bertz CT molecular complexity index is 947. The SMILES string of the molecule is Clc1cccc(-c2ncnc3c2cnn3-c2ccccc2)c1. The zero-order valence-corrected chi connectivity index (χ0v) is 12.3. The average Bonchev–Trinajstić information content (AvgIpc) is 2.99. The Morgan fingerprint density at radius 2 is 1.77 bits per heavy atom. The minimum atomic E-state index is 0.680. The van der Waals surface area contributed by atoms with Crippen molar-refractivity contribution in [2.24, 2.45) is 0 Å². The van der Waals surface area contributed by atoms with Crippen molar-refractivity contribution in [1.29, 1.82) is 0 Å². The third-order valence-corrected chi connectivity index (χ3v) is 3.70. The lowest BCUT2D eigenvalue weighted by Crippen LogP contribution is -1.97. The van der Waals surface area contributed by atoms with E-state index in [4.69, 9.17) is 11.6 Å². The van der Waals surface area contributed by atoms with E-state index >= 15 is 0 Å². The normalized spacial score (nSPS) is 11.0. The molecule has 106 valence electrons. The third-order valence-electron chi connectivity index (χ3n) is 3.46. The Hall–Kier alpha value is -2.72. The van der Waals surface area contributed by atoms with Gasteiger partial charge >= 0.3 is 0 Å². The minimum Gasteiger partial charge on any atom is -0.235 e. The van der Waals surface area contributed by atoms with Crippen molar-refractivity contribution in [2.45, 2.75) is 0 Å². The Kier molecular flexibility index (Phi) is 3.09. The fourth-order valence-corrected chi connectivity index (χ4v) is 2.66. The molecule has 0 radical (unpaired) electrons. The highest BCUT2D eigenvalue weighted by Crippen LogP contribution is 2.27. The molecule has 2 heterocycles. The summed E-state index contributed by atoms with van der Waals surface area (Å²) in [7, 11) is 0. The van der Waals surface area contributed by atoms with Gasteiger partial charge in [0.2, 0.25) is 0 Å². The molecule has 0 saturated heterocycles. The largest absolute Gasteiger partial charge is 0.235 e. The number of para-hydroxylation sites is 1. The van der Waals surface area contributed by atoms with Crippen LogP contribution in [0.5, 0.6) is 0 Å². The van der Waals surface area contributed by atoms with E-state index < -0.39 is 0 Å². The molecule has 2 aromatic carbocycles. The van der Waals surface area contributed by atoms with E-state index in [9.17, 15) is 0 Å². The molecule has 0 aliphatic rings. The summed E-state index contributed by atoms with van der Waals surface area (Å²) in [5.41, 5.74) is 3.52. The van der Waals surface area contributed by atoms with E-state index in [0.717, 1.165) is 28.0 Å². The predicted molar refractivity (Wildman–Crippen MR) is 87.1 cm³/mol. The molecule has 0 unspecified atom stereocenters. The second-order valence-corrected chi connectivity index (χ2v) is 5.30. The van der Waals surface area contributed by atoms with E-state index in [1.54, 1.807) is 12.5 Å². The van der Waals surface area contributed by atoms with Gasteiger partial charge in [0.25, 0.3) is 0 Å². The summed E-state index contributed by atoms with van der Waals surface area (Å²) < 4.78 is 1.81. The maximum absolute atomic E-state index is 6.08. The first kappa shape index (κ1) is 13.0.